The summed E-state index contributed by atoms with van der Waals surface area (Å²) in [4.78, 5) is 33.4. The highest BCUT2D eigenvalue weighted by Gasteiger charge is 2.17. The van der Waals surface area contributed by atoms with Gasteiger partial charge in [0.05, 0.1) is 29.6 Å². The van der Waals surface area contributed by atoms with Crippen LogP contribution in [0.4, 0.5) is 5.69 Å². The molecule has 0 aliphatic heterocycles. The molecule has 2 N–H and O–H groups in total. The van der Waals surface area contributed by atoms with Gasteiger partial charge in [0.25, 0.3) is 5.91 Å². The predicted octanol–water partition coefficient (Wildman–Crippen LogP) is 4.38. The number of anilines is 1. The van der Waals surface area contributed by atoms with Crippen LogP contribution in [-0.4, -0.2) is 28.3 Å². The van der Waals surface area contributed by atoms with Crippen molar-refractivity contribution in [3.63, 3.8) is 0 Å². The van der Waals surface area contributed by atoms with E-state index in [2.05, 4.69) is 20.6 Å². The number of nitrogens with zero attached hydrogens (tertiary/aromatic N) is 2. The molecule has 144 valence electrons. The smallest absolute Gasteiger partial charge is 0.263 e. The van der Waals surface area contributed by atoms with Gasteiger partial charge in [-0.05, 0) is 6.07 Å². The standard InChI is InChI=1S/C21H15ClN4O2S/c22-18-15-8-4-5-9-16(15)29-19(18)21(28)25-12-17(27)26-14-10-23-20(24-11-14)13-6-2-1-3-7-13/h1-11H,12H2,(H,25,28)(H,26,27). The fourth-order valence-corrected chi connectivity index (χ4v) is 4.17. The number of hydrogen-bond acceptors (Lipinski definition) is 5. The average molecular weight is 423 g/mol. The van der Waals surface area contributed by atoms with Gasteiger partial charge in [0.1, 0.15) is 4.88 Å². The lowest BCUT2D eigenvalue weighted by Gasteiger charge is -2.07. The van der Waals surface area contributed by atoms with E-state index in [-0.39, 0.29) is 18.4 Å². The molecule has 0 unspecified atom stereocenters. The Morgan fingerprint density at radius 1 is 0.966 bits per heavy atom. The Kier molecular flexibility index (Phi) is 5.50. The lowest BCUT2D eigenvalue weighted by atomic mass is 10.2. The number of halogens is 1. The molecule has 2 heterocycles. The van der Waals surface area contributed by atoms with Crippen molar-refractivity contribution in [1.82, 2.24) is 15.3 Å². The molecule has 6 nitrogen and oxygen atoms in total. The molecule has 4 rings (SSSR count). The van der Waals surface area contributed by atoms with Crippen LogP contribution in [0.2, 0.25) is 5.02 Å². The zero-order chi connectivity index (χ0) is 20.2. The van der Waals surface area contributed by atoms with E-state index in [9.17, 15) is 9.59 Å². The molecule has 2 aromatic carbocycles. The molecule has 0 spiro atoms. The highest BCUT2D eigenvalue weighted by Crippen LogP contribution is 2.34. The monoisotopic (exact) mass is 422 g/mol. The average Bonchev–Trinajstić information content (AvgIpc) is 3.10. The highest BCUT2D eigenvalue weighted by atomic mass is 35.5. The SMILES string of the molecule is O=C(CNC(=O)c1sc2ccccc2c1Cl)Nc1cnc(-c2ccccc2)nc1. The van der Waals surface area contributed by atoms with Crippen LogP contribution in [0, 0.1) is 0 Å². The first-order valence-electron chi connectivity index (χ1n) is 8.74. The van der Waals surface area contributed by atoms with E-state index in [0.717, 1.165) is 15.6 Å². The third kappa shape index (κ3) is 4.26. The Morgan fingerprint density at radius 2 is 1.66 bits per heavy atom. The first kappa shape index (κ1) is 19.0. The molecule has 0 saturated heterocycles. The predicted molar refractivity (Wildman–Crippen MR) is 115 cm³/mol. The van der Waals surface area contributed by atoms with Crippen molar-refractivity contribution in [1.29, 1.82) is 0 Å². The number of fused-ring (bicyclic) bond motifs is 1. The first-order valence-corrected chi connectivity index (χ1v) is 9.94. The second-order valence-corrected chi connectivity index (χ2v) is 7.56. The summed E-state index contributed by atoms with van der Waals surface area (Å²) in [6, 6.07) is 17.0. The van der Waals surface area contributed by atoms with Crippen LogP contribution in [0.15, 0.2) is 67.0 Å². The van der Waals surface area contributed by atoms with Gasteiger partial charge in [-0.25, -0.2) is 9.97 Å². The molecule has 8 heteroatoms. The molecule has 0 aliphatic carbocycles. The van der Waals surface area contributed by atoms with Gasteiger partial charge in [-0.15, -0.1) is 11.3 Å². The van der Waals surface area contributed by atoms with E-state index in [1.807, 2.05) is 54.6 Å². The number of nitrogens with one attached hydrogen (secondary N) is 2. The third-order valence-electron chi connectivity index (χ3n) is 4.12. The number of benzene rings is 2. The largest absolute Gasteiger partial charge is 0.342 e. The van der Waals surface area contributed by atoms with Crippen molar-refractivity contribution in [3.05, 3.63) is 76.9 Å². The molecular formula is C21H15ClN4O2S. The summed E-state index contributed by atoms with van der Waals surface area (Å²) in [5.74, 6) is -0.204. The summed E-state index contributed by atoms with van der Waals surface area (Å²) < 4.78 is 0.919. The van der Waals surface area contributed by atoms with Crippen LogP contribution in [-0.2, 0) is 4.79 Å². The number of aromatic nitrogens is 2. The minimum Gasteiger partial charge on any atom is -0.342 e. The van der Waals surface area contributed by atoms with Crippen LogP contribution in [0.5, 0.6) is 0 Å². The molecule has 0 aliphatic rings. The number of carbonyl (C=O) groups is 2. The lowest BCUT2D eigenvalue weighted by Crippen LogP contribution is -2.32. The molecule has 0 fully saturated rings. The van der Waals surface area contributed by atoms with E-state index in [4.69, 9.17) is 11.6 Å². The normalized spacial score (nSPS) is 10.7. The second kappa shape index (κ2) is 8.38. The fourth-order valence-electron chi connectivity index (χ4n) is 2.73. The van der Waals surface area contributed by atoms with Crippen molar-refractivity contribution in [2.24, 2.45) is 0 Å². The van der Waals surface area contributed by atoms with Gasteiger partial charge in [-0.3, -0.25) is 9.59 Å². The zero-order valence-corrected chi connectivity index (χ0v) is 16.6. The molecule has 0 radical (unpaired) electrons. The summed E-state index contributed by atoms with van der Waals surface area (Å²) >= 11 is 7.59. The van der Waals surface area contributed by atoms with Gasteiger partial charge < -0.3 is 10.6 Å². The van der Waals surface area contributed by atoms with Gasteiger partial charge in [-0.2, -0.15) is 0 Å². The van der Waals surface area contributed by atoms with Crippen molar-refractivity contribution in [2.45, 2.75) is 0 Å². The molecule has 2 aromatic heterocycles. The molecule has 29 heavy (non-hydrogen) atoms. The van der Waals surface area contributed by atoms with Gasteiger partial charge in [0, 0.05) is 15.6 Å². The van der Waals surface area contributed by atoms with Crippen LogP contribution >= 0.6 is 22.9 Å². The van der Waals surface area contributed by atoms with E-state index in [1.165, 1.54) is 23.7 Å². The molecule has 0 atom stereocenters. The van der Waals surface area contributed by atoms with E-state index >= 15 is 0 Å². The summed E-state index contributed by atoms with van der Waals surface area (Å²) in [6.45, 7) is -0.191. The Bertz CT molecular complexity index is 1180. The van der Waals surface area contributed by atoms with Crippen LogP contribution in [0.1, 0.15) is 9.67 Å². The number of amides is 2. The van der Waals surface area contributed by atoms with E-state index < -0.39 is 0 Å². The zero-order valence-electron chi connectivity index (χ0n) is 15.1. The molecular weight excluding hydrogens is 408 g/mol. The van der Waals surface area contributed by atoms with Crippen LogP contribution < -0.4 is 10.6 Å². The number of carbonyl (C=O) groups excluding carboxylic acids is 2. The summed E-state index contributed by atoms with van der Waals surface area (Å²) in [5, 5.41) is 6.47. The summed E-state index contributed by atoms with van der Waals surface area (Å²) in [7, 11) is 0. The maximum atomic E-state index is 12.4. The second-order valence-electron chi connectivity index (χ2n) is 6.13. The Hall–Kier alpha value is -3.29. The van der Waals surface area contributed by atoms with E-state index in [0.29, 0.717) is 21.4 Å². The maximum Gasteiger partial charge on any atom is 0.263 e. The quantitative estimate of drug-likeness (QED) is 0.500. The molecule has 2 amide bonds. The van der Waals surface area contributed by atoms with Crippen molar-refractivity contribution in [2.75, 3.05) is 11.9 Å². The minimum atomic E-state index is -0.387. The molecule has 4 aromatic rings. The van der Waals surface area contributed by atoms with E-state index in [1.54, 1.807) is 0 Å². The number of rotatable bonds is 5. The van der Waals surface area contributed by atoms with Crippen molar-refractivity contribution < 1.29 is 9.59 Å². The van der Waals surface area contributed by atoms with Gasteiger partial charge >= 0.3 is 0 Å². The van der Waals surface area contributed by atoms with Crippen LogP contribution in [0.3, 0.4) is 0 Å². The Labute approximate surface area is 175 Å². The Balaban J connectivity index is 1.36. The maximum absolute atomic E-state index is 12.4. The summed E-state index contributed by atoms with van der Waals surface area (Å²) in [5.41, 5.74) is 1.33. The molecule has 0 saturated carbocycles. The van der Waals surface area contributed by atoms with Crippen molar-refractivity contribution in [3.8, 4) is 11.4 Å². The summed E-state index contributed by atoms with van der Waals surface area (Å²) in [6.07, 6.45) is 3.05. The van der Waals surface area contributed by atoms with Gasteiger partial charge in [0.2, 0.25) is 5.91 Å². The number of thiophene rings is 1. The van der Waals surface area contributed by atoms with Crippen molar-refractivity contribution >= 4 is 50.5 Å². The fraction of sp³-hybridized carbons (Fsp3) is 0.0476. The minimum absolute atomic E-state index is 0.191. The number of hydrogen-bond donors (Lipinski definition) is 2. The highest BCUT2D eigenvalue weighted by molar-refractivity contribution is 7.21. The van der Waals surface area contributed by atoms with Gasteiger partial charge in [0.15, 0.2) is 5.82 Å². The topological polar surface area (TPSA) is 84.0 Å². The lowest BCUT2D eigenvalue weighted by molar-refractivity contribution is -0.115. The van der Waals surface area contributed by atoms with Gasteiger partial charge in [-0.1, -0.05) is 60.1 Å². The molecule has 0 bridgehead atoms. The van der Waals surface area contributed by atoms with Crippen LogP contribution in [0.25, 0.3) is 21.5 Å². The first-order chi connectivity index (χ1) is 14.1. The Morgan fingerprint density at radius 3 is 2.38 bits per heavy atom. The third-order valence-corrected chi connectivity index (χ3v) is 5.79.